The summed E-state index contributed by atoms with van der Waals surface area (Å²) in [7, 11) is 0. The third kappa shape index (κ3) is 3.51. The molecule has 2 heterocycles. The van der Waals surface area contributed by atoms with Gasteiger partial charge in [-0.3, -0.25) is 14.9 Å². The number of nitrogens with zero attached hydrogens (tertiary/aromatic N) is 3. The summed E-state index contributed by atoms with van der Waals surface area (Å²) in [5.74, 6) is 0.415. The van der Waals surface area contributed by atoms with Crippen LogP contribution in [0.4, 0.5) is 5.69 Å². The molecule has 1 unspecified atom stereocenters. The maximum absolute atomic E-state index is 12.5. The first kappa shape index (κ1) is 15.9. The maximum atomic E-state index is 12.5. The lowest BCUT2D eigenvalue weighted by atomic mass is 10.2. The molecule has 1 aromatic heterocycles. The Balaban J connectivity index is 1.62. The lowest BCUT2D eigenvalue weighted by Gasteiger charge is -2.17. The molecule has 0 bridgehead atoms. The summed E-state index contributed by atoms with van der Waals surface area (Å²) in [6.07, 6.45) is 0.634. The first-order chi connectivity index (χ1) is 11.5. The molecule has 0 spiro atoms. The summed E-state index contributed by atoms with van der Waals surface area (Å²) in [6, 6.07) is 11.2. The van der Waals surface area contributed by atoms with Gasteiger partial charge >= 0.3 is 0 Å². The third-order valence-corrected chi connectivity index (χ3v) is 3.91. The average molecular weight is 327 g/mol. The van der Waals surface area contributed by atoms with E-state index >= 15 is 0 Å². The number of amides is 1. The molecule has 0 radical (unpaired) electrons. The Morgan fingerprint density at radius 1 is 1.29 bits per heavy atom. The summed E-state index contributed by atoms with van der Waals surface area (Å²) in [4.78, 5) is 28.6. The van der Waals surface area contributed by atoms with Crippen molar-refractivity contribution in [3.8, 4) is 5.88 Å². The molecule has 2 aromatic rings. The van der Waals surface area contributed by atoms with E-state index in [4.69, 9.17) is 4.74 Å². The van der Waals surface area contributed by atoms with E-state index in [1.807, 2.05) is 19.1 Å². The van der Waals surface area contributed by atoms with Crippen LogP contribution >= 0.6 is 0 Å². The number of likely N-dealkylation sites (tertiary alicyclic amines) is 1. The number of nitro groups is 1. The summed E-state index contributed by atoms with van der Waals surface area (Å²) < 4.78 is 5.83. The molecule has 0 aliphatic carbocycles. The van der Waals surface area contributed by atoms with Gasteiger partial charge in [-0.05, 0) is 25.1 Å². The molecule has 1 aromatic carbocycles. The lowest BCUT2D eigenvalue weighted by molar-refractivity contribution is -0.384. The third-order valence-electron chi connectivity index (χ3n) is 3.91. The van der Waals surface area contributed by atoms with Crippen LogP contribution in [0.25, 0.3) is 0 Å². The molecule has 0 saturated carbocycles. The molecule has 1 saturated heterocycles. The fraction of sp³-hybridized carbons (Fsp3) is 0.294. The molecular weight excluding hydrogens is 310 g/mol. The lowest BCUT2D eigenvalue weighted by Crippen LogP contribution is -2.31. The minimum Gasteiger partial charge on any atom is -0.472 e. The predicted octanol–water partition coefficient (Wildman–Crippen LogP) is 2.59. The van der Waals surface area contributed by atoms with Gasteiger partial charge in [0.2, 0.25) is 5.88 Å². The first-order valence-electron chi connectivity index (χ1n) is 7.67. The van der Waals surface area contributed by atoms with Crippen molar-refractivity contribution < 1.29 is 14.5 Å². The molecule has 1 amide bonds. The van der Waals surface area contributed by atoms with E-state index in [9.17, 15) is 14.9 Å². The Morgan fingerprint density at radius 3 is 2.71 bits per heavy atom. The summed E-state index contributed by atoms with van der Waals surface area (Å²) in [5.41, 5.74) is 1.29. The van der Waals surface area contributed by atoms with Gasteiger partial charge in [0, 0.05) is 42.4 Å². The van der Waals surface area contributed by atoms with Crippen LogP contribution < -0.4 is 4.74 Å². The molecule has 1 aliphatic rings. The van der Waals surface area contributed by atoms with E-state index < -0.39 is 4.92 Å². The van der Waals surface area contributed by atoms with Crippen LogP contribution in [0.1, 0.15) is 22.5 Å². The van der Waals surface area contributed by atoms with E-state index in [0.717, 1.165) is 12.1 Å². The Morgan fingerprint density at radius 2 is 2.04 bits per heavy atom. The normalized spacial score (nSPS) is 16.9. The van der Waals surface area contributed by atoms with Crippen molar-refractivity contribution in [1.82, 2.24) is 9.88 Å². The molecular formula is C17H17N3O4. The Bertz CT molecular complexity index is 761. The zero-order chi connectivity index (χ0) is 17.1. The van der Waals surface area contributed by atoms with Crippen molar-refractivity contribution in [2.75, 3.05) is 13.1 Å². The van der Waals surface area contributed by atoms with Crippen LogP contribution in [0.2, 0.25) is 0 Å². The van der Waals surface area contributed by atoms with E-state index in [0.29, 0.717) is 24.5 Å². The van der Waals surface area contributed by atoms with Gasteiger partial charge in [0.05, 0.1) is 11.5 Å². The van der Waals surface area contributed by atoms with Gasteiger partial charge in [0.25, 0.3) is 11.6 Å². The van der Waals surface area contributed by atoms with Crippen molar-refractivity contribution in [3.05, 3.63) is 63.8 Å². The quantitative estimate of drug-likeness (QED) is 0.636. The molecule has 0 N–H and O–H groups in total. The Kier molecular flexibility index (Phi) is 4.41. The molecule has 124 valence electrons. The molecule has 7 nitrogen and oxygen atoms in total. The number of hydrogen-bond donors (Lipinski definition) is 0. The Hall–Kier alpha value is -2.96. The number of benzene rings is 1. The molecule has 1 aliphatic heterocycles. The summed E-state index contributed by atoms with van der Waals surface area (Å²) >= 11 is 0. The number of aromatic nitrogens is 1. The number of hydrogen-bond acceptors (Lipinski definition) is 5. The van der Waals surface area contributed by atoms with E-state index in [-0.39, 0.29) is 17.7 Å². The highest BCUT2D eigenvalue weighted by molar-refractivity contribution is 5.94. The zero-order valence-electron chi connectivity index (χ0n) is 13.2. The second kappa shape index (κ2) is 6.66. The van der Waals surface area contributed by atoms with Gasteiger partial charge in [-0.1, -0.05) is 6.07 Å². The van der Waals surface area contributed by atoms with Crippen LogP contribution in [-0.4, -0.2) is 39.9 Å². The second-order valence-electron chi connectivity index (χ2n) is 5.70. The fourth-order valence-corrected chi connectivity index (χ4v) is 2.67. The number of ether oxygens (including phenoxy) is 1. The minimum absolute atomic E-state index is 0.0281. The fourth-order valence-electron chi connectivity index (χ4n) is 2.67. The number of carbonyl (C=O) groups excluding carboxylic acids is 1. The number of aryl methyl sites for hydroxylation is 1. The van der Waals surface area contributed by atoms with E-state index in [1.54, 1.807) is 11.0 Å². The summed E-state index contributed by atoms with van der Waals surface area (Å²) in [5, 5.41) is 10.7. The SMILES string of the molecule is Cc1cccc(OC2CCN(C(=O)c3ccc([N+](=O)[O-])cc3)C2)n1. The minimum atomic E-state index is -0.483. The van der Waals surface area contributed by atoms with Gasteiger partial charge in [-0.15, -0.1) is 0 Å². The van der Waals surface area contributed by atoms with Crippen molar-refractivity contribution >= 4 is 11.6 Å². The molecule has 1 fully saturated rings. The zero-order valence-corrected chi connectivity index (χ0v) is 13.2. The predicted molar refractivity (Wildman–Crippen MR) is 87.0 cm³/mol. The van der Waals surface area contributed by atoms with Gasteiger partial charge < -0.3 is 9.64 Å². The van der Waals surface area contributed by atoms with Crippen LogP contribution in [0, 0.1) is 17.0 Å². The topological polar surface area (TPSA) is 85.6 Å². The van der Waals surface area contributed by atoms with Gasteiger partial charge in [0.1, 0.15) is 6.10 Å². The van der Waals surface area contributed by atoms with Crippen LogP contribution in [-0.2, 0) is 0 Å². The molecule has 7 heteroatoms. The molecule has 24 heavy (non-hydrogen) atoms. The van der Waals surface area contributed by atoms with Crippen molar-refractivity contribution in [2.24, 2.45) is 0 Å². The van der Waals surface area contributed by atoms with Crippen molar-refractivity contribution in [2.45, 2.75) is 19.4 Å². The van der Waals surface area contributed by atoms with Crippen LogP contribution in [0.5, 0.6) is 5.88 Å². The molecule has 1 atom stereocenters. The smallest absolute Gasteiger partial charge is 0.269 e. The highest BCUT2D eigenvalue weighted by atomic mass is 16.6. The van der Waals surface area contributed by atoms with Gasteiger partial charge in [-0.2, -0.15) is 0 Å². The van der Waals surface area contributed by atoms with E-state index in [1.165, 1.54) is 24.3 Å². The van der Waals surface area contributed by atoms with E-state index in [2.05, 4.69) is 4.98 Å². The largest absolute Gasteiger partial charge is 0.472 e. The maximum Gasteiger partial charge on any atom is 0.269 e. The van der Waals surface area contributed by atoms with Gasteiger partial charge in [0.15, 0.2) is 0 Å². The highest BCUT2D eigenvalue weighted by Gasteiger charge is 2.28. The first-order valence-corrected chi connectivity index (χ1v) is 7.67. The number of rotatable bonds is 4. The summed E-state index contributed by atoms with van der Waals surface area (Å²) in [6.45, 7) is 2.96. The van der Waals surface area contributed by atoms with Crippen molar-refractivity contribution in [3.63, 3.8) is 0 Å². The van der Waals surface area contributed by atoms with Crippen LogP contribution in [0.3, 0.4) is 0 Å². The average Bonchev–Trinajstić information content (AvgIpc) is 3.02. The monoisotopic (exact) mass is 327 g/mol. The van der Waals surface area contributed by atoms with Crippen LogP contribution in [0.15, 0.2) is 42.5 Å². The standard InChI is InChI=1S/C17H17N3O4/c1-12-3-2-4-16(18-12)24-15-9-10-19(11-15)17(21)13-5-7-14(8-6-13)20(22)23/h2-8,15H,9-11H2,1H3. The second-order valence-corrected chi connectivity index (χ2v) is 5.70. The Labute approximate surface area is 139 Å². The molecule has 3 rings (SSSR count). The number of carbonyl (C=O) groups is 1. The number of pyridine rings is 1. The highest BCUT2D eigenvalue weighted by Crippen LogP contribution is 2.20. The number of nitro benzene ring substituents is 1. The van der Waals surface area contributed by atoms with Crippen molar-refractivity contribution in [1.29, 1.82) is 0 Å². The number of non-ortho nitro benzene ring substituents is 1. The van der Waals surface area contributed by atoms with Gasteiger partial charge in [-0.25, -0.2) is 4.98 Å².